The van der Waals surface area contributed by atoms with Gasteiger partial charge < -0.3 is 10.6 Å². The van der Waals surface area contributed by atoms with Gasteiger partial charge in [0.2, 0.25) is 0 Å². The number of hydrogen-bond acceptors (Lipinski definition) is 7. The standard InChI is InChI=1S/C27H27N7O2S/c1-5-6-23-17(3)11-24(37-23)27(36)29-20-12-18(8-7-16(20)2)21-14-22(26(35)31-30-21)28-25-13-19-15-33(4)9-10-34(19)32-25/h5-8,11-14H,1,3,9-10,15H2,2,4H3,(H,29,36)(H,31,35)(H,28,30,32)/b23-6+. The van der Waals surface area contributed by atoms with Gasteiger partial charge in [-0.25, -0.2) is 5.10 Å². The smallest absolute Gasteiger partial charge is 0.287 e. The molecule has 1 aliphatic heterocycles. The molecule has 4 heterocycles. The van der Waals surface area contributed by atoms with Gasteiger partial charge in [-0.3, -0.25) is 19.2 Å². The van der Waals surface area contributed by atoms with Crippen LogP contribution in [0.15, 0.2) is 53.8 Å². The van der Waals surface area contributed by atoms with E-state index in [2.05, 4.69) is 51.0 Å². The number of benzene rings is 1. The summed E-state index contributed by atoms with van der Waals surface area (Å²) in [6.45, 7) is 12.2. The van der Waals surface area contributed by atoms with Crippen LogP contribution < -0.4 is 25.9 Å². The first-order valence-corrected chi connectivity index (χ1v) is 12.6. The lowest BCUT2D eigenvalue weighted by Gasteiger charge is -2.22. The first-order valence-electron chi connectivity index (χ1n) is 11.8. The molecular weight excluding hydrogens is 486 g/mol. The molecule has 0 aliphatic carbocycles. The second kappa shape index (κ2) is 10.00. The average molecular weight is 514 g/mol. The quantitative estimate of drug-likeness (QED) is 0.366. The van der Waals surface area contributed by atoms with Gasteiger partial charge in [0.15, 0.2) is 5.82 Å². The van der Waals surface area contributed by atoms with Crippen LogP contribution in [0.5, 0.6) is 0 Å². The summed E-state index contributed by atoms with van der Waals surface area (Å²) in [5, 5.41) is 18.3. The molecule has 0 saturated heterocycles. The highest BCUT2D eigenvalue weighted by Crippen LogP contribution is 2.26. The van der Waals surface area contributed by atoms with Crippen molar-refractivity contribution in [3.63, 3.8) is 0 Å². The Kier molecular flexibility index (Phi) is 6.60. The lowest BCUT2D eigenvalue weighted by atomic mass is 10.1. The number of H-pyrrole nitrogens is 1. The molecule has 5 rings (SSSR count). The van der Waals surface area contributed by atoms with Gasteiger partial charge in [-0.1, -0.05) is 31.4 Å². The number of anilines is 3. The summed E-state index contributed by atoms with van der Waals surface area (Å²) in [5.41, 5.74) is 3.94. The number of carbonyl (C=O) groups excluding carboxylic acids is 1. The minimum atomic E-state index is -0.346. The van der Waals surface area contributed by atoms with Crippen molar-refractivity contribution < 1.29 is 4.79 Å². The summed E-state index contributed by atoms with van der Waals surface area (Å²) in [7, 11) is 2.07. The third kappa shape index (κ3) is 5.16. The van der Waals surface area contributed by atoms with E-state index in [9.17, 15) is 9.59 Å². The number of rotatable bonds is 6. The molecule has 9 nitrogen and oxygen atoms in total. The lowest BCUT2D eigenvalue weighted by molar-refractivity contribution is 0.103. The maximum atomic E-state index is 12.9. The van der Waals surface area contributed by atoms with Gasteiger partial charge in [0.25, 0.3) is 11.5 Å². The maximum Gasteiger partial charge on any atom is 0.287 e. The highest BCUT2D eigenvalue weighted by atomic mass is 32.1. The van der Waals surface area contributed by atoms with Crippen molar-refractivity contribution in [1.29, 1.82) is 0 Å². The molecule has 0 radical (unpaired) electrons. The molecule has 1 aliphatic rings. The van der Waals surface area contributed by atoms with E-state index in [1.807, 2.05) is 41.9 Å². The predicted molar refractivity (Wildman–Crippen MR) is 149 cm³/mol. The number of hydrogen-bond donors (Lipinski definition) is 3. The van der Waals surface area contributed by atoms with Gasteiger partial charge in [0.05, 0.1) is 22.8 Å². The molecule has 3 aromatic heterocycles. The number of aryl methyl sites for hydroxylation is 1. The number of nitrogens with zero attached hydrogens (tertiary/aromatic N) is 4. The normalized spacial score (nSPS) is 13.8. The molecule has 188 valence electrons. The Morgan fingerprint density at radius 3 is 2.84 bits per heavy atom. The molecule has 0 fully saturated rings. The summed E-state index contributed by atoms with van der Waals surface area (Å²) in [6, 6.07) is 11.1. The molecule has 4 aromatic rings. The van der Waals surface area contributed by atoms with E-state index in [0.717, 1.165) is 46.2 Å². The fourth-order valence-corrected chi connectivity index (χ4v) is 5.08. The average Bonchev–Trinajstić information content (AvgIpc) is 3.44. The fourth-order valence-electron chi connectivity index (χ4n) is 4.15. The van der Waals surface area contributed by atoms with Gasteiger partial charge in [0.1, 0.15) is 5.69 Å². The van der Waals surface area contributed by atoms with Crippen LogP contribution in [0.3, 0.4) is 0 Å². The third-order valence-corrected chi connectivity index (χ3v) is 7.31. The Labute approximate surface area is 217 Å². The van der Waals surface area contributed by atoms with Gasteiger partial charge in [-0.15, -0.1) is 11.3 Å². The van der Waals surface area contributed by atoms with Crippen LogP contribution in [-0.2, 0) is 13.1 Å². The second-order valence-corrected chi connectivity index (χ2v) is 10.1. The number of nitrogens with one attached hydrogen (secondary N) is 3. The number of amides is 1. The SMILES string of the molecule is C=C/C=c1/sc(C(=O)Nc2cc(-c3cc(Nc4cc5n(n4)CCN(C)C5)c(=O)[nH]n3)ccc2C)cc1=C. The van der Waals surface area contributed by atoms with Gasteiger partial charge >= 0.3 is 0 Å². The van der Waals surface area contributed by atoms with Crippen molar-refractivity contribution in [3.8, 4) is 11.3 Å². The van der Waals surface area contributed by atoms with Gasteiger partial charge in [-0.2, -0.15) is 10.2 Å². The topological polar surface area (TPSA) is 108 Å². The lowest BCUT2D eigenvalue weighted by Crippen LogP contribution is -2.30. The van der Waals surface area contributed by atoms with Crippen molar-refractivity contribution in [3.05, 3.63) is 85.3 Å². The van der Waals surface area contributed by atoms with Gasteiger partial charge in [0, 0.05) is 34.9 Å². The summed E-state index contributed by atoms with van der Waals surface area (Å²) in [6.07, 6.45) is 3.51. The zero-order valence-corrected chi connectivity index (χ0v) is 21.5. The van der Waals surface area contributed by atoms with Gasteiger partial charge in [-0.05, 0) is 49.0 Å². The summed E-state index contributed by atoms with van der Waals surface area (Å²) >= 11 is 1.36. The number of aromatic nitrogens is 4. The molecule has 0 saturated carbocycles. The Morgan fingerprint density at radius 1 is 1.19 bits per heavy atom. The van der Waals surface area contributed by atoms with E-state index in [4.69, 9.17) is 0 Å². The summed E-state index contributed by atoms with van der Waals surface area (Å²) < 4.78 is 2.85. The zero-order valence-electron chi connectivity index (χ0n) is 20.7. The first kappa shape index (κ1) is 24.4. The Bertz CT molecular complexity index is 1680. The fraction of sp³-hybridized carbons (Fsp3) is 0.185. The number of thiophene rings is 1. The molecule has 0 unspecified atom stereocenters. The maximum absolute atomic E-state index is 12.9. The van der Waals surface area contributed by atoms with Crippen LogP contribution in [0.2, 0.25) is 0 Å². The van der Waals surface area contributed by atoms with Crippen molar-refractivity contribution in [2.24, 2.45) is 0 Å². The zero-order chi connectivity index (χ0) is 26.1. The molecule has 0 bridgehead atoms. The number of aromatic amines is 1. The Morgan fingerprint density at radius 2 is 2.03 bits per heavy atom. The highest BCUT2D eigenvalue weighted by Gasteiger charge is 2.17. The van der Waals surface area contributed by atoms with Crippen LogP contribution >= 0.6 is 11.3 Å². The Balaban J connectivity index is 1.40. The Hall–Kier alpha value is -4.28. The molecule has 1 aromatic carbocycles. The van der Waals surface area contributed by atoms with E-state index in [1.165, 1.54) is 11.3 Å². The molecule has 10 heteroatoms. The number of allylic oxidation sites excluding steroid dienone is 1. The van der Waals surface area contributed by atoms with E-state index < -0.39 is 0 Å². The van der Waals surface area contributed by atoms with Crippen molar-refractivity contribution >= 4 is 47.1 Å². The third-order valence-electron chi connectivity index (χ3n) is 6.17. The second-order valence-electron chi connectivity index (χ2n) is 8.99. The first-order chi connectivity index (χ1) is 17.8. The van der Waals surface area contributed by atoms with Crippen LogP contribution in [0.4, 0.5) is 17.2 Å². The van der Waals surface area contributed by atoms with Crippen LogP contribution in [0.1, 0.15) is 20.9 Å². The largest absolute Gasteiger partial charge is 0.334 e. The van der Waals surface area contributed by atoms with E-state index in [-0.39, 0.29) is 11.5 Å². The molecule has 3 N–H and O–H groups in total. The highest BCUT2D eigenvalue weighted by molar-refractivity contribution is 7.12. The monoisotopic (exact) mass is 513 g/mol. The summed E-state index contributed by atoms with van der Waals surface area (Å²) in [4.78, 5) is 28.2. The van der Waals surface area contributed by atoms with E-state index in [1.54, 1.807) is 18.2 Å². The number of likely N-dealkylation sites (N-methyl/N-ethyl adjacent to an activating group) is 1. The van der Waals surface area contributed by atoms with Crippen molar-refractivity contribution in [2.75, 3.05) is 24.2 Å². The molecule has 0 atom stereocenters. The molecule has 1 amide bonds. The number of fused-ring (bicyclic) bond motifs is 1. The summed E-state index contributed by atoms with van der Waals surface area (Å²) in [5.74, 6) is 0.392. The number of carbonyl (C=O) groups is 1. The molecular formula is C27H27N7O2S. The minimum absolute atomic E-state index is 0.218. The molecule has 37 heavy (non-hydrogen) atoms. The minimum Gasteiger partial charge on any atom is -0.334 e. The van der Waals surface area contributed by atoms with Crippen molar-refractivity contribution in [2.45, 2.75) is 20.0 Å². The molecule has 0 spiro atoms. The van der Waals surface area contributed by atoms with Crippen LogP contribution in [0, 0.1) is 6.92 Å². The van der Waals surface area contributed by atoms with Crippen LogP contribution in [0.25, 0.3) is 23.9 Å². The van der Waals surface area contributed by atoms with Crippen LogP contribution in [-0.4, -0.2) is 44.4 Å². The van der Waals surface area contributed by atoms with E-state index in [0.29, 0.717) is 27.8 Å². The van der Waals surface area contributed by atoms with Crippen molar-refractivity contribution in [1.82, 2.24) is 24.9 Å². The predicted octanol–water partition coefficient (Wildman–Crippen LogP) is 2.82. The van der Waals surface area contributed by atoms with E-state index >= 15 is 0 Å².